The number of nitro benzene ring substituents is 1. The van der Waals surface area contributed by atoms with Gasteiger partial charge in [0.05, 0.1) is 27.7 Å². The molecular formula is C20H13N3O4S. The smallest absolute Gasteiger partial charge is 0.267 e. The molecule has 28 heavy (non-hydrogen) atoms. The highest BCUT2D eigenvalue weighted by molar-refractivity contribution is 7.98. The molecule has 7 nitrogen and oxygen atoms in total. The molecule has 8 heteroatoms. The topological polar surface area (TPSA) is 92.9 Å². The van der Waals surface area contributed by atoms with Gasteiger partial charge in [-0.15, -0.1) is 11.8 Å². The van der Waals surface area contributed by atoms with Crippen LogP contribution in [0.1, 0.15) is 26.3 Å². The van der Waals surface area contributed by atoms with Gasteiger partial charge in [-0.1, -0.05) is 18.2 Å². The van der Waals surface area contributed by atoms with E-state index in [9.17, 15) is 19.7 Å². The summed E-state index contributed by atoms with van der Waals surface area (Å²) in [6.07, 6.45) is 3.41. The van der Waals surface area contributed by atoms with Crippen LogP contribution >= 0.6 is 11.8 Å². The molecule has 1 heterocycles. The van der Waals surface area contributed by atoms with Crippen LogP contribution in [0.2, 0.25) is 0 Å². The highest BCUT2D eigenvalue weighted by Crippen LogP contribution is 2.35. The SMILES string of the molecule is CSc1ccc(C=NN2C(=O)c3cccc4c([N+](=O)[O-])ccc(c34)C2=O)cc1. The van der Waals surface area contributed by atoms with E-state index >= 15 is 0 Å². The molecule has 0 atom stereocenters. The predicted molar refractivity (Wildman–Crippen MR) is 107 cm³/mol. The second-order valence-corrected chi connectivity index (χ2v) is 6.94. The Morgan fingerprint density at radius 1 is 1.00 bits per heavy atom. The number of hydrogen-bond acceptors (Lipinski definition) is 6. The molecule has 3 aromatic rings. The molecule has 0 aliphatic carbocycles. The summed E-state index contributed by atoms with van der Waals surface area (Å²) in [7, 11) is 0. The van der Waals surface area contributed by atoms with Crippen molar-refractivity contribution in [1.29, 1.82) is 0 Å². The van der Waals surface area contributed by atoms with Crippen molar-refractivity contribution < 1.29 is 14.5 Å². The van der Waals surface area contributed by atoms with Gasteiger partial charge in [0, 0.05) is 16.3 Å². The summed E-state index contributed by atoms with van der Waals surface area (Å²) in [6.45, 7) is 0. The fourth-order valence-electron chi connectivity index (χ4n) is 3.15. The van der Waals surface area contributed by atoms with Crippen LogP contribution in [0.25, 0.3) is 10.8 Å². The van der Waals surface area contributed by atoms with E-state index in [2.05, 4.69) is 5.10 Å². The summed E-state index contributed by atoms with van der Waals surface area (Å²) < 4.78 is 0. The number of imide groups is 1. The van der Waals surface area contributed by atoms with Crippen molar-refractivity contribution in [1.82, 2.24) is 5.01 Å². The Labute approximate surface area is 163 Å². The van der Waals surface area contributed by atoms with Crippen LogP contribution in [0.5, 0.6) is 0 Å². The zero-order chi connectivity index (χ0) is 19.8. The van der Waals surface area contributed by atoms with Crippen molar-refractivity contribution in [3.63, 3.8) is 0 Å². The third-order valence-electron chi connectivity index (χ3n) is 4.50. The summed E-state index contributed by atoms with van der Waals surface area (Å²) in [5.74, 6) is -1.22. The van der Waals surface area contributed by atoms with Crippen LogP contribution in [-0.2, 0) is 0 Å². The zero-order valence-electron chi connectivity index (χ0n) is 14.7. The molecule has 0 fully saturated rings. The van der Waals surface area contributed by atoms with E-state index in [1.807, 2.05) is 30.5 Å². The number of thioether (sulfide) groups is 1. The third kappa shape index (κ3) is 2.84. The van der Waals surface area contributed by atoms with E-state index in [0.29, 0.717) is 5.39 Å². The first-order valence-corrected chi connectivity index (χ1v) is 9.50. The lowest BCUT2D eigenvalue weighted by Crippen LogP contribution is -2.36. The third-order valence-corrected chi connectivity index (χ3v) is 5.24. The summed E-state index contributed by atoms with van der Waals surface area (Å²) in [6, 6.07) is 14.8. The second-order valence-electron chi connectivity index (χ2n) is 6.06. The van der Waals surface area contributed by atoms with Gasteiger partial charge in [0.1, 0.15) is 0 Å². The van der Waals surface area contributed by atoms with Crippen LogP contribution in [-0.4, -0.2) is 34.2 Å². The lowest BCUT2D eigenvalue weighted by molar-refractivity contribution is -0.383. The van der Waals surface area contributed by atoms with Gasteiger partial charge in [-0.2, -0.15) is 10.1 Å². The molecule has 0 aromatic heterocycles. The molecule has 4 rings (SSSR count). The maximum atomic E-state index is 12.8. The second kappa shape index (κ2) is 6.90. The number of nitrogens with zero attached hydrogens (tertiary/aromatic N) is 3. The van der Waals surface area contributed by atoms with Gasteiger partial charge in [0.25, 0.3) is 17.5 Å². The Hall–Kier alpha value is -3.52. The summed E-state index contributed by atoms with van der Waals surface area (Å²) in [4.78, 5) is 37.5. The van der Waals surface area contributed by atoms with Crippen LogP contribution in [0.15, 0.2) is 64.6 Å². The van der Waals surface area contributed by atoms with Gasteiger partial charge < -0.3 is 0 Å². The number of benzene rings is 3. The highest BCUT2D eigenvalue weighted by atomic mass is 32.2. The van der Waals surface area contributed by atoms with Crippen molar-refractivity contribution in [3.8, 4) is 0 Å². The Morgan fingerprint density at radius 3 is 2.32 bits per heavy atom. The van der Waals surface area contributed by atoms with Gasteiger partial charge in [0.15, 0.2) is 0 Å². The highest BCUT2D eigenvalue weighted by Gasteiger charge is 2.34. The maximum Gasteiger partial charge on any atom is 0.282 e. The normalized spacial score (nSPS) is 13.5. The summed E-state index contributed by atoms with van der Waals surface area (Å²) in [5, 5.41) is 16.7. The maximum absolute atomic E-state index is 12.8. The first-order chi connectivity index (χ1) is 13.5. The summed E-state index contributed by atoms with van der Waals surface area (Å²) in [5.41, 5.74) is 1.02. The fourth-order valence-corrected chi connectivity index (χ4v) is 3.55. The van der Waals surface area contributed by atoms with Gasteiger partial charge in [-0.3, -0.25) is 19.7 Å². The molecule has 2 amide bonds. The molecule has 0 spiro atoms. The zero-order valence-corrected chi connectivity index (χ0v) is 15.5. The molecule has 0 saturated carbocycles. The molecular weight excluding hydrogens is 378 g/mol. The minimum atomic E-state index is -0.611. The monoisotopic (exact) mass is 391 g/mol. The minimum absolute atomic E-state index is 0.146. The quantitative estimate of drug-likeness (QED) is 0.219. The van der Waals surface area contributed by atoms with Gasteiger partial charge >= 0.3 is 0 Å². The van der Waals surface area contributed by atoms with Crippen LogP contribution in [0, 0.1) is 10.1 Å². The minimum Gasteiger partial charge on any atom is -0.267 e. The van der Waals surface area contributed by atoms with E-state index in [4.69, 9.17) is 0 Å². The Bertz CT molecular complexity index is 1150. The predicted octanol–water partition coefficient (Wildman–Crippen LogP) is 4.10. The Kier molecular flexibility index (Phi) is 4.40. The van der Waals surface area contributed by atoms with Crippen molar-refractivity contribution in [3.05, 3.63) is 81.4 Å². The van der Waals surface area contributed by atoms with Crippen molar-refractivity contribution in [2.75, 3.05) is 6.26 Å². The first-order valence-electron chi connectivity index (χ1n) is 8.28. The summed E-state index contributed by atoms with van der Waals surface area (Å²) >= 11 is 1.61. The number of carbonyl (C=O) groups is 2. The van der Waals surface area contributed by atoms with Crippen LogP contribution < -0.4 is 0 Å². The molecule has 0 unspecified atom stereocenters. The van der Waals surface area contributed by atoms with Crippen LogP contribution in [0.4, 0.5) is 5.69 Å². The number of rotatable bonds is 4. The molecule has 1 aliphatic rings. The standard InChI is InChI=1S/C20H13N3O4S/c1-28-13-7-5-12(6-8-13)11-21-22-19(24)15-4-2-3-14-17(23(26)27)10-9-16(18(14)15)20(22)25/h2-11H,1H3. The molecule has 0 saturated heterocycles. The lowest BCUT2D eigenvalue weighted by Gasteiger charge is -2.22. The Balaban J connectivity index is 1.77. The van der Waals surface area contributed by atoms with E-state index in [1.165, 1.54) is 24.4 Å². The first kappa shape index (κ1) is 17.9. The Morgan fingerprint density at radius 2 is 1.68 bits per heavy atom. The number of carbonyl (C=O) groups excluding carboxylic acids is 2. The van der Waals surface area contributed by atoms with E-state index in [-0.39, 0.29) is 22.2 Å². The fraction of sp³-hybridized carbons (Fsp3) is 0.0500. The average molecular weight is 391 g/mol. The lowest BCUT2D eigenvalue weighted by atomic mass is 9.94. The van der Waals surface area contributed by atoms with E-state index in [1.54, 1.807) is 23.9 Å². The molecule has 0 radical (unpaired) electrons. The van der Waals surface area contributed by atoms with Gasteiger partial charge in [-0.25, -0.2) is 0 Å². The van der Waals surface area contributed by atoms with E-state index < -0.39 is 16.7 Å². The average Bonchev–Trinajstić information content (AvgIpc) is 2.71. The number of amides is 2. The number of non-ortho nitro benzene ring substituents is 1. The number of hydrogen-bond donors (Lipinski definition) is 0. The molecule has 138 valence electrons. The van der Waals surface area contributed by atoms with Crippen molar-refractivity contribution in [2.24, 2.45) is 5.10 Å². The number of hydrazone groups is 1. The molecule has 1 aliphatic heterocycles. The largest absolute Gasteiger partial charge is 0.282 e. The van der Waals surface area contributed by atoms with E-state index in [0.717, 1.165) is 15.5 Å². The molecule has 0 bridgehead atoms. The van der Waals surface area contributed by atoms with Crippen molar-refractivity contribution in [2.45, 2.75) is 4.90 Å². The van der Waals surface area contributed by atoms with Gasteiger partial charge in [0.2, 0.25) is 0 Å². The van der Waals surface area contributed by atoms with Crippen molar-refractivity contribution >= 4 is 46.3 Å². The molecule has 0 N–H and O–H groups in total. The van der Waals surface area contributed by atoms with Crippen LogP contribution in [0.3, 0.4) is 0 Å². The number of nitro groups is 1. The van der Waals surface area contributed by atoms with Gasteiger partial charge in [-0.05, 0) is 42.2 Å². The molecule has 3 aromatic carbocycles.